The average molecular weight is 288 g/mol. The lowest BCUT2D eigenvalue weighted by molar-refractivity contribution is 0.306. The van der Waals surface area contributed by atoms with Gasteiger partial charge in [0.05, 0.1) is 11.6 Å². The molecule has 0 fully saturated rings. The number of ether oxygens (including phenoxy) is 1. The number of fused-ring (bicyclic) bond motifs is 1. The van der Waals surface area contributed by atoms with E-state index >= 15 is 0 Å². The molecule has 20 heavy (non-hydrogen) atoms. The molecule has 0 saturated heterocycles. The summed E-state index contributed by atoms with van der Waals surface area (Å²) in [6.45, 7) is 0.353. The lowest BCUT2D eigenvalue weighted by Crippen LogP contribution is -2.00. The Hall–Kier alpha value is -2.33. The summed E-state index contributed by atoms with van der Waals surface area (Å²) >= 11 is 5.81. The van der Waals surface area contributed by atoms with Crippen molar-refractivity contribution in [2.75, 3.05) is 0 Å². The van der Waals surface area contributed by atoms with E-state index in [2.05, 4.69) is 4.98 Å². The first-order valence-corrected chi connectivity index (χ1v) is 6.35. The monoisotopic (exact) mass is 287 g/mol. The van der Waals surface area contributed by atoms with Gasteiger partial charge in [0.15, 0.2) is 5.43 Å². The minimum Gasteiger partial charge on any atom is -0.489 e. The molecule has 0 atom stereocenters. The van der Waals surface area contributed by atoms with Crippen molar-refractivity contribution in [3.05, 3.63) is 69.8 Å². The molecule has 0 amide bonds. The number of pyridine rings is 1. The first-order valence-electron chi connectivity index (χ1n) is 5.97. The van der Waals surface area contributed by atoms with E-state index in [1.807, 2.05) is 6.07 Å². The van der Waals surface area contributed by atoms with Crippen molar-refractivity contribution < 1.29 is 9.15 Å². The molecular formula is C15H10ClNO3. The van der Waals surface area contributed by atoms with Crippen molar-refractivity contribution in [3.63, 3.8) is 0 Å². The molecule has 2 aromatic heterocycles. The van der Waals surface area contributed by atoms with Gasteiger partial charge in [-0.15, -0.1) is 0 Å². The summed E-state index contributed by atoms with van der Waals surface area (Å²) < 4.78 is 10.9. The molecule has 0 saturated carbocycles. The Morgan fingerprint density at radius 2 is 2.10 bits per heavy atom. The summed E-state index contributed by atoms with van der Waals surface area (Å²) in [7, 11) is 0. The van der Waals surface area contributed by atoms with Crippen molar-refractivity contribution in [2.45, 2.75) is 6.61 Å². The van der Waals surface area contributed by atoms with Crippen LogP contribution in [0, 0.1) is 0 Å². The molecule has 0 aliphatic rings. The molecular weight excluding hydrogens is 278 g/mol. The van der Waals surface area contributed by atoms with Crippen LogP contribution in [0.25, 0.3) is 11.0 Å². The van der Waals surface area contributed by atoms with Gasteiger partial charge in [0.25, 0.3) is 0 Å². The Morgan fingerprint density at radius 1 is 1.20 bits per heavy atom. The Bertz CT molecular complexity index is 813. The van der Waals surface area contributed by atoms with Gasteiger partial charge in [0.1, 0.15) is 23.1 Å². The molecule has 0 aliphatic carbocycles. The molecule has 0 spiro atoms. The number of rotatable bonds is 3. The van der Waals surface area contributed by atoms with Gasteiger partial charge in [-0.25, -0.2) is 4.98 Å². The van der Waals surface area contributed by atoms with Gasteiger partial charge in [0, 0.05) is 12.3 Å². The van der Waals surface area contributed by atoms with Gasteiger partial charge in [0.2, 0.25) is 0 Å². The van der Waals surface area contributed by atoms with Crippen LogP contribution in [0.2, 0.25) is 5.15 Å². The SMILES string of the molecule is O=c1ccoc2ccc(OCc3ccnc(Cl)c3)cc12. The highest BCUT2D eigenvalue weighted by Crippen LogP contribution is 2.19. The van der Waals surface area contributed by atoms with Crippen LogP contribution in [0.3, 0.4) is 0 Å². The number of hydrogen-bond donors (Lipinski definition) is 0. The van der Waals surface area contributed by atoms with Gasteiger partial charge in [-0.1, -0.05) is 11.6 Å². The molecule has 3 aromatic rings. The zero-order valence-electron chi connectivity index (χ0n) is 10.4. The van der Waals surface area contributed by atoms with Crippen molar-refractivity contribution in [3.8, 4) is 5.75 Å². The predicted molar refractivity (Wildman–Crippen MR) is 76.1 cm³/mol. The molecule has 0 bridgehead atoms. The number of nitrogens with zero attached hydrogens (tertiary/aromatic N) is 1. The number of aromatic nitrogens is 1. The second kappa shape index (κ2) is 5.35. The lowest BCUT2D eigenvalue weighted by Gasteiger charge is -2.07. The quantitative estimate of drug-likeness (QED) is 0.693. The second-order valence-corrected chi connectivity index (χ2v) is 4.61. The lowest BCUT2D eigenvalue weighted by atomic mass is 10.2. The Kier molecular flexibility index (Phi) is 3.39. The molecule has 0 radical (unpaired) electrons. The highest BCUT2D eigenvalue weighted by Gasteiger charge is 2.03. The second-order valence-electron chi connectivity index (χ2n) is 4.22. The molecule has 5 heteroatoms. The first kappa shape index (κ1) is 12.7. The Morgan fingerprint density at radius 3 is 2.95 bits per heavy atom. The number of halogens is 1. The third-order valence-electron chi connectivity index (χ3n) is 2.83. The van der Waals surface area contributed by atoms with E-state index in [0.717, 1.165) is 5.56 Å². The van der Waals surface area contributed by atoms with Crippen LogP contribution in [0.15, 0.2) is 58.1 Å². The van der Waals surface area contributed by atoms with Gasteiger partial charge in [-0.3, -0.25) is 4.79 Å². The van der Waals surface area contributed by atoms with E-state index in [1.165, 1.54) is 12.3 Å². The van der Waals surface area contributed by atoms with E-state index in [4.69, 9.17) is 20.8 Å². The normalized spacial score (nSPS) is 10.7. The minimum atomic E-state index is -0.0938. The predicted octanol–water partition coefficient (Wildman–Crippen LogP) is 3.42. The van der Waals surface area contributed by atoms with Crippen LogP contribution < -0.4 is 10.2 Å². The van der Waals surface area contributed by atoms with Gasteiger partial charge in [-0.2, -0.15) is 0 Å². The van der Waals surface area contributed by atoms with Gasteiger partial charge >= 0.3 is 0 Å². The van der Waals surface area contributed by atoms with Gasteiger partial charge in [-0.05, 0) is 35.9 Å². The summed E-state index contributed by atoms with van der Waals surface area (Å²) in [5, 5.41) is 0.919. The molecule has 100 valence electrons. The minimum absolute atomic E-state index is 0.0938. The van der Waals surface area contributed by atoms with Crippen molar-refractivity contribution in [1.82, 2.24) is 4.98 Å². The Labute approximate surface area is 119 Å². The largest absolute Gasteiger partial charge is 0.489 e. The topological polar surface area (TPSA) is 52.3 Å². The van der Waals surface area contributed by atoms with Crippen LogP contribution in [-0.2, 0) is 6.61 Å². The maximum atomic E-state index is 11.7. The van der Waals surface area contributed by atoms with Crippen LogP contribution >= 0.6 is 11.6 Å². The van der Waals surface area contributed by atoms with Crippen molar-refractivity contribution in [2.24, 2.45) is 0 Å². The summed E-state index contributed by atoms with van der Waals surface area (Å²) in [5.41, 5.74) is 1.35. The van der Waals surface area contributed by atoms with E-state index < -0.39 is 0 Å². The van der Waals surface area contributed by atoms with Crippen molar-refractivity contribution >= 4 is 22.6 Å². The smallest absolute Gasteiger partial charge is 0.192 e. The fourth-order valence-electron chi connectivity index (χ4n) is 1.85. The summed E-state index contributed by atoms with van der Waals surface area (Å²) in [6.07, 6.45) is 3.00. The molecule has 0 N–H and O–H groups in total. The van der Waals surface area contributed by atoms with E-state index in [1.54, 1.807) is 30.5 Å². The maximum absolute atomic E-state index is 11.7. The molecule has 1 aromatic carbocycles. The third kappa shape index (κ3) is 2.65. The molecule has 4 nitrogen and oxygen atoms in total. The molecule has 0 unspecified atom stereocenters. The summed E-state index contributed by atoms with van der Waals surface area (Å²) in [4.78, 5) is 15.6. The highest BCUT2D eigenvalue weighted by molar-refractivity contribution is 6.29. The number of hydrogen-bond acceptors (Lipinski definition) is 4. The van der Waals surface area contributed by atoms with E-state index in [0.29, 0.717) is 28.5 Å². The van der Waals surface area contributed by atoms with Crippen LogP contribution in [0.5, 0.6) is 5.75 Å². The van der Waals surface area contributed by atoms with Crippen LogP contribution in [0.1, 0.15) is 5.56 Å². The fraction of sp³-hybridized carbons (Fsp3) is 0.0667. The average Bonchev–Trinajstić information content (AvgIpc) is 2.46. The molecule has 2 heterocycles. The third-order valence-corrected chi connectivity index (χ3v) is 3.03. The standard InChI is InChI=1S/C15H10ClNO3/c16-15-7-10(3-5-17-15)9-20-11-1-2-14-12(8-11)13(18)4-6-19-14/h1-8H,9H2. The van der Waals surface area contributed by atoms with Crippen LogP contribution in [0.4, 0.5) is 0 Å². The van der Waals surface area contributed by atoms with E-state index in [9.17, 15) is 4.79 Å². The summed E-state index contributed by atoms with van der Waals surface area (Å²) in [5.74, 6) is 0.601. The van der Waals surface area contributed by atoms with Crippen molar-refractivity contribution in [1.29, 1.82) is 0 Å². The van der Waals surface area contributed by atoms with Gasteiger partial charge < -0.3 is 9.15 Å². The molecule has 0 aliphatic heterocycles. The first-order chi connectivity index (χ1) is 9.72. The zero-order chi connectivity index (χ0) is 13.9. The maximum Gasteiger partial charge on any atom is 0.192 e. The molecule has 3 rings (SSSR count). The highest BCUT2D eigenvalue weighted by atomic mass is 35.5. The summed E-state index contributed by atoms with van der Waals surface area (Å²) in [6, 6.07) is 10.1. The zero-order valence-corrected chi connectivity index (χ0v) is 11.1. The Balaban J connectivity index is 1.84. The van der Waals surface area contributed by atoms with Crippen LogP contribution in [-0.4, -0.2) is 4.98 Å². The number of benzene rings is 1. The van der Waals surface area contributed by atoms with E-state index in [-0.39, 0.29) is 5.43 Å². The fourth-order valence-corrected chi connectivity index (χ4v) is 2.05.